The minimum atomic E-state index is -0.0481. The van der Waals surface area contributed by atoms with Crippen molar-refractivity contribution < 1.29 is 4.74 Å². The van der Waals surface area contributed by atoms with E-state index in [-0.39, 0.29) is 5.84 Å². The fraction of sp³-hybridized carbons (Fsp3) is 0.400. The maximum absolute atomic E-state index is 7.23. The molecular formula is C10H16N4O. The van der Waals surface area contributed by atoms with E-state index in [0.717, 1.165) is 6.54 Å². The van der Waals surface area contributed by atoms with Gasteiger partial charge in [-0.05, 0) is 20.2 Å². The number of amidine groups is 1. The second-order valence-corrected chi connectivity index (χ2v) is 3.44. The second-order valence-electron chi connectivity index (χ2n) is 3.44. The molecule has 5 heteroatoms. The Kier molecular flexibility index (Phi) is 4.05. The molecule has 5 nitrogen and oxygen atoms in total. The Balaban J connectivity index is 2.54. The standard InChI is InChI=1S/C10H16N4O/c1-14(2)5-6-15-8-3-4-13-9(7-8)10(11)12/h3-4,7H,5-6H2,1-2H3,(H3,11,12). The summed E-state index contributed by atoms with van der Waals surface area (Å²) in [7, 11) is 3.97. The van der Waals surface area contributed by atoms with Gasteiger partial charge in [0.1, 0.15) is 23.9 Å². The molecule has 15 heavy (non-hydrogen) atoms. The molecule has 1 aromatic rings. The van der Waals surface area contributed by atoms with Crippen LogP contribution >= 0.6 is 0 Å². The first kappa shape index (κ1) is 11.5. The van der Waals surface area contributed by atoms with Crippen LogP contribution in [0.1, 0.15) is 5.69 Å². The smallest absolute Gasteiger partial charge is 0.141 e. The molecule has 0 aliphatic rings. The zero-order valence-electron chi connectivity index (χ0n) is 9.03. The molecule has 0 amide bonds. The summed E-state index contributed by atoms with van der Waals surface area (Å²) >= 11 is 0. The average Bonchev–Trinajstić information content (AvgIpc) is 2.17. The molecule has 0 aromatic carbocycles. The Labute approximate surface area is 89.4 Å². The Morgan fingerprint density at radius 3 is 2.93 bits per heavy atom. The summed E-state index contributed by atoms with van der Waals surface area (Å²) < 4.78 is 5.47. The molecule has 0 spiro atoms. The number of nitrogens with two attached hydrogens (primary N) is 1. The minimum Gasteiger partial charge on any atom is -0.492 e. The van der Waals surface area contributed by atoms with Gasteiger partial charge >= 0.3 is 0 Å². The van der Waals surface area contributed by atoms with E-state index < -0.39 is 0 Å². The van der Waals surface area contributed by atoms with Gasteiger partial charge < -0.3 is 15.4 Å². The number of ether oxygens (including phenoxy) is 1. The lowest BCUT2D eigenvalue weighted by Gasteiger charge is -2.11. The zero-order chi connectivity index (χ0) is 11.3. The van der Waals surface area contributed by atoms with Gasteiger partial charge in [0.05, 0.1) is 0 Å². The third kappa shape index (κ3) is 3.95. The Morgan fingerprint density at radius 1 is 1.60 bits per heavy atom. The number of nitrogen functional groups attached to an aromatic ring is 1. The van der Waals surface area contributed by atoms with Gasteiger partial charge in [-0.3, -0.25) is 10.4 Å². The molecule has 0 bridgehead atoms. The Hall–Kier alpha value is -1.62. The van der Waals surface area contributed by atoms with Gasteiger partial charge in [0.15, 0.2) is 0 Å². The number of rotatable bonds is 5. The monoisotopic (exact) mass is 208 g/mol. The molecule has 3 N–H and O–H groups in total. The maximum Gasteiger partial charge on any atom is 0.141 e. The van der Waals surface area contributed by atoms with Crippen LogP contribution in [-0.2, 0) is 0 Å². The molecule has 82 valence electrons. The van der Waals surface area contributed by atoms with Crippen LogP contribution in [0, 0.1) is 5.41 Å². The summed E-state index contributed by atoms with van der Waals surface area (Å²) in [6, 6.07) is 3.42. The third-order valence-electron chi connectivity index (χ3n) is 1.81. The van der Waals surface area contributed by atoms with Crippen molar-refractivity contribution in [2.24, 2.45) is 5.73 Å². The van der Waals surface area contributed by atoms with Crippen LogP contribution in [0.3, 0.4) is 0 Å². The second kappa shape index (κ2) is 5.31. The van der Waals surface area contributed by atoms with Gasteiger partial charge in [0.25, 0.3) is 0 Å². The van der Waals surface area contributed by atoms with Crippen molar-refractivity contribution in [3.8, 4) is 5.75 Å². The van der Waals surface area contributed by atoms with Crippen molar-refractivity contribution in [1.29, 1.82) is 5.41 Å². The highest BCUT2D eigenvalue weighted by Gasteiger charge is 2.00. The van der Waals surface area contributed by atoms with Crippen molar-refractivity contribution in [1.82, 2.24) is 9.88 Å². The normalized spacial score (nSPS) is 10.3. The molecule has 1 heterocycles. The van der Waals surface area contributed by atoms with Gasteiger partial charge in [-0.2, -0.15) is 0 Å². The van der Waals surface area contributed by atoms with Gasteiger partial charge in [-0.15, -0.1) is 0 Å². The van der Waals surface area contributed by atoms with Crippen molar-refractivity contribution in [3.63, 3.8) is 0 Å². The van der Waals surface area contributed by atoms with Crippen LogP contribution in [0.15, 0.2) is 18.3 Å². The number of aromatic nitrogens is 1. The fourth-order valence-electron chi connectivity index (χ4n) is 0.994. The van der Waals surface area contributed by atoms with Crippen molar-refractivity contribution in [2.75, 3.05) is 27.2 Å². The van der Waals surface area contributed by atoms with E-state index in [4.69, 9.17) is 15.9 Å². The highest BCUT2D eigenvalue weighted by Crippen LogP contribution is 2.10. The SMILES string of the molecule is CN(C)CCOc1ccnc(C(=N)N)c1. The maximum atomic E-state index is 7.23. The van der Waals surface area contributed by atoms with Gasteiger partial charge in [0, 0.05) is 18.8 Å². The van der Waals surface area contributed by atoms with E-state index >= 15 is 0 Å². The minimum absolute atomic E-state index is 0.0481. The van der Waals surface area contributed by atoms with Crippen LogP contribution in [0.4, 0.5) is 0 Å². The number of nitrogens with zero attached hydrogens (tertiary/aromatic N) is 2. The number of hydrogen-bond acceptors (Lipinski definition) is 4. The fourth-order valence-corrected chi connectivity index (χ4v) is 0.994. The molecule has 1 rings (SSSR count). The first-order valence-corrected chi connectivity index (χ1v) is 4.67. The molecule has 1 aromatic heterocycles. The predicted molar refractivity (Wildman–Crippen MR) is 59.3 cm³/mol. The summed E-state index contributed by atoms with van der Waals surface area (Å²) in [4.78, 5) is 5.98. The summed E-state index contributed by atoms with van der Waals surface area (Å²) in [6.07, 6.45) is 1.59. The molecule has 0 saturated carbocycles. The Bertz CT molecular complexity index is 338. The summed E-state index contributed by atoms with van der Waals surface area (Å²) in [6.45, 7) is 1.45. The van der Waals surface area contributed by atoms with Crippen molar-refractivity contribution in [2.45, 2.75) is 0 Å². The largest absolute Gasteiger partial charge is 0.492 e. The highest BCUT2D eigenvalue weighted by molar-refractivity contribution is 5.93. The molecular weight excluding hydrogens is 192 g/mol. The highest BCUT2D eigenvalue weighted by atomic mass is 16.5. The van der Waals surface area contributed by atoms with E-state index in [1.54, 1.807) is 18.3 Å². The summed E-state index contributed by atoms with van der Waals surface area (Å²) in [5, 5.41) is 7.23. The van der Waals surface area contributed by atoms with Crippen LogP contribution in [-0.4, -0.2) is 43.0 Å². The molecule has 0 unspecified atom stereocenters. The molecule has 0 saturated heterocycles. The van der Waals surface area contributed by atoms with Crippen LogP contribution in [0.25, 0.3) is 0 Å². The van der Waals surface area contributed by atoms with Crippen molar-refractivity contribution >= 4 is 5.84 Å². The molecule has 0 fully saturated rings. The molecule has 0 aliphatic heterocycles. The third-order valence-corrected chi connectivity index (χ3v) is 1.81. The molecule has 0 atom stereocenters. The van der Waals surface area contributed by atoms with E-state index in [1.807, 2.05) is 19.0 Å². The quantitative estimate of drug-likeness (QED) is 0.539. The van der Waals surface area contributed by atoms with E-state index in [2.05, 4.69) is 4.98 Å². The Morgan fingerprint density at radius 2 is 2.33 bits per heavy atom. The van der Waals surface area contributed by atoms with Crippen LogP contribution in [0.5, 0.6) is 5.75 Å². The van der Waals surface area contributed by atoms with E-state index in [1.165, 1.54) is 0 Å². The number of nitrogens with one attached hydrogen (secondary N) is 1. The number of pyridine rings is 1. The first-order valence-electron chi connectivity index (χ1n) is 4.67. The molecule has 0 radical (unpaired) electrons. The molecule has 0 aliphatic carbocycles. The van der Waals surface area contributed by atoms with Gasteiger partial charge in [-0.25, -0.2) is 0 Å². The van der Waals surface area contributed by atoms with Crippen LogP contribution in [0.2, 0.25) is 0 Å². The number of hydrogen-bond donors (Lipinski definition) is 2. The average molecular weight is 208 g/mol. The number of likely N-dealkylation sites (N-methyl/N-ethyl adjacent to an activating group) is 1. The summed E-state index contributed by atoms with van der Waals surface area (Å²) in [5.41, 5.74) is 5.76. The van der Waals surface area contributed by atoms with Gasteiger partial charge in [0.2, 0.25) is 0 Å². The summed E-state index contributed by atoms with van der Waals surface area (Å²) in [5.74, 6) is 0.644. The van der Waals surface area contributed by atoms with E-state index in [0.29, 0.717) is 18.1 Å². The lowest BCUT2D eigenvalue weighted by Crippen LogP contribution is -2.19. The predicted octanol–water partition coefficient (Wildman–Crippen LogP) is 0.306. The van der Waals surface area contributed by atoms with E-state index in [9.17, 15) is 0 Å². The van der Waals surface area contributed by atoms with Crippen molar-refractivity contribution in [3.05, 3.63) is 24.0 Å². The topological polar surface area (TPSA) is 75.2 Å². The van der Waals surface area contributed by atoms with Gasteiger partial charge in [-0.1, -0.05) is 0 Å². The van der Waals surface area contributed by atoms with Crippen LogP contribution < -0.4 is 10.5 Å². The lowest BCUT2D eigenvalue weighted by molar-refractivity contribution is 0.261. The first-order chi connectivity index (χ1) is 7.09. The zero-order valence-corrected chi connectivity index (χ0v) is 9.03. The lowest BCUT2D eigenvalue weighted by atomic mass is 10.3.